The van der Waals surface area contributed by atoms with Gasteiger partial charge in [0.15, 0.2) is 0 Å². The molecule has 9 heteroatoms. The first-order chi connectivity index (χ1) is 17.5. The zero-order chi connectivity index (χ0) is 24.9. The van der Waals surface area contributed by atoms with Crippen molar-refractivity contribution in [3.05, 3.63) is 29.6 Å². The van der Waals surface area contributed by atoms with Crippen LogP contribution in [0.25, 0.3) is 0 Å². The summed E-state index contributed by atoms with van der Waals surface area (Å²) in [6.45, 7) is 5.64. The first kappa shape index (κ1) is 24.0. The summed E-state index contributed by atoms with van der Waals surface area (Å²) in [5.74, 6) is -0.266. The van der Waals surface area contributed by atoms with Crippen LogP contribution in [0.15, 0.2) is 18.2 Å². The van der Waals surface area contributed by atoms with Gasteiger partial charge in [0.25, 0.3) is 0 Å². The summed E-state index contributed by atoms with van der Waals surface area (Å²) in [4.78, 5) is 31.8. The minimum Gasteiger partial charge on any atom is -0.450 e. The maximum absolute atomic E-state index is 14.4. The highest BCUT2D eigenvalue weighted by atomic mass is 19.1. The van der Waals surface area contributed by atoms with Crippen LogP contribution in [-0.2, 0) is 19.6 Å². The van der Waals surface area contributed by atoms with Crippen LogP contribution >= 0.6 is 0 Å². The molecule has 1 aromatic rings. The minimum atomic E-state index is -0.361. The van der Waals surface area contributed by atoms with Crippen molar-refractivity contribution in [3.8, 4) is 0 Å². The van der Waals surface area contributed by atoms with E-state index in [0.29, 0.717) is 38.8 Å². The van der Waals surface area contributed by atoms with Gasteiger partial charge in [0, 0.05) is 36.5 Å². The summed E-state index contributed by atoms with van der Waals surface area (Å²) in [5.41, 5.74) is 1.44. The maximum Gasteiger partial charge on any atom is 0.414 e. The number of carbonyl (C=O) groups excluding carboxylic acids is 2. The summed E-state index contributed by atoms with van der Waals surface area (Å²) < 4.78 is 30.8. The molecule has 0 aliphatic carbocycles. The molecule has 196 valence electrons. The average molecular weight is 502 g/mol. The first-order valence-electron chi connectivity index (χ1n) is 13.5. The van der Waals surface area contributed by atoms with Gasteiger partial charge in [0.2, 0.25) is 0 Å². The highest BCUT2D eigenvalue weighted by Gasteiger charge is 2.50. The van der Waals surface area contributed by atoms with Gasteiger partial charge in [-0.05, 0) is 82.3 Å². The van der Waals surface area contributed by atoms with Crippen LogP contribution in [-0.4, -0.2) is 85.7 Å². The minimum absolute atomic E-state index is 0.165. The SMILES string of the molecule is CCOC(=O)N1C2CCC1CC(N1CCC3(CC1)CN(C(=O)O[C@H]1CCOC1)c1ccc(F)cc13)C2. The summed E-state index contributed by atoms with van der Waals surface area (Å²) in [7, 11) is 0. The molecule has 0 radical (unpaired) electrons. The van der Waals surface area contributed by atoms with Crippen LogP contribution in [0.2, 0.25) is 0 Å². The number of fused-ring (bicyclic) bond motifs is 4. The Morgan fingerprint density at radius 3 is 2.50 bits per heavy atom. The second kappa shape index (κ2) is 9.49. The van der Waals surface area contributed by atoms with E-state index in [9.17, 15) is 14.0 Å². The number of hydrogen-bond donors (Lipinski definition) is 0. The number of rotatable bonds is 3. The monoisotopic (exact) mass is 501 g/mol. The molecule has 6 rings (SSSR count). The Morgan fingerprint density at radius 2 is 1.83 bits per heavy atom. The quantitative estimate of drug-likeness (QED) is 0.622. The summed E-state index contributed by atoms with van der Waals surface area (Å²) in [5, 5.41) is 0. The van der Waals surface area contributed by atoms with Gasteiger partial charge in [-0.2, -0.15) is 0 Å². The molecule has 4 fully saturated rings. The molecule has 2 amide bonds. The first-order valence-corrected chi connectivity index (χ1v) is 13.5. The summed E-state index contributed by atoms with van der Waals surface area (Å²) >= 11 is 0. The lowest BCUT2D eigenvalue weighted by atomic mass is 9.73. The van der Waals surface area contributed by atoms with Crippen molar-refractivity contribution in [2.24, 2.45) is 0 Å². The number of hydrogen-bond acceptors (Lipinski definition) is 6. The molecule has 5 heterocycles. The third kappa shape index (κ3) is 4.14. The van der Waals surface area contributed by atoms with Gasteiger partial charge in [-0.3, -0.25) is 4.90 Å². The number of amides is 2. The second-order valence-corrected chi connectivity index (χ2v) is 11.0. The van der Waals surface area contributed by atoms with Gasteiger partial charge in [0.05, 0.1) is 25.5 Å². The van der Waals surface area contributed by atoms with E-state index in [1.807, 2.05) is 11.8 Å². The van der Waals surface area contributed by atoms with E-state index in [2.05, 4.69) is 4.90 Å². The number of anilines is 1. The van der Waals surface area contributed by atoms with Crippen molar-refractivity contribution in [2.45, 2.75) is 81.5 Å². The van der Waals surface area contributed by atoms with E-state index < -0.39 is 0 Å². The molecular formula is C27H36FN3O5. The van der Waals surface area contributed by atoms with E-state index in [4.69, 9.17) is 14.2 Å². The van der Waals surface area contributed by atoms with Crippen LogP contribution in [0, 0.1) is 5.82 Å². The van der Waals surface area contributed by atoms with Crippen LogP contribution in [0.4, 0.5) is 19.7 Å². The summed E-state index contributed by atoms with van der Waals surface area (Å²) in [6.07, 6.45) is 5.78. The molecule has 1 aromatic carbocycles. The van der Waals surface area contributed by atoms with Crippen molar-refractivity contribution in [3.63, 3.8) is 0 Å². The fourth-order valence-corrected chi connectivity index (χ4v) is 7.30. The zero-order valence-electron chi connectivity index (χ0n) is 21.0. The number of likely N-dealkylation sites (tertiary alicyclic amines) is 1. The topological polar surface area (TPSA) is 71.6 Å². The van der Waals surface area contributed by atoms with Gasteiger partial charge in [-0.15, -0.1) is 0 Å². The van der Waals surface area contributed by atoms with Gasteiger partial charge < -0.3 is 24.0 Å². The predicted octanol–water partition coefficient (Wildman–Crippen LogP) is 4.06. The van der Waals surface area contributed by atoms with E-state index in [1.54, 1.807) is 17.0 Å². The Morgan fingerprint density at radius 1 is 1.08 bits per heavy atom. The van der Waals surface area contributed by atoms with Crippen LogP contribution in [0.3, 0.4) is 0 Å². The second-order valence-electron chi connectivity index (χ2n) is 11.0. The van der Waals surface area contributed by atoms with E-state index in [-0.39, 0.29) is 41.6 Å². The molecule has 1 spiro atoms. The Hall–Kier alpha value is -2.39. The lowest BCUT2D eigenvalue weighted by molar-refractivity contribution is 0.0279. The summed E-state index contributed by atoms with van der Waals surface area (Å²) in [6, 6.07) is 5.74. The predicted molar refractivity (Wildman–Crippen MR) is 131 cm³/mol. The maximum atomic E-state index is 14.4. The molecule has 0 N–H and O–H groups in total. The average Bonchev–Trinajstić information content (AvgIpc) is 3.56. The van der Waals surface area contributed by atoms with Crippen molar-refractivity contribution in [2.75, 3.05) is 44.4 Å². The van der Waals surface area contributed by atoms with Crippen molar-refractivity contribution in [1.82, 2.24) is 9.80 Å². The molecule has 2 unspecified atom stereocenters. The van der Waals surface area contributed by atoms with Crippen LogP contribution in [0.1, 0.15) is 57.4 Å². The van der Waals surface area contributed by atoms with Crippen molar-refractivity contribution < 1.29 is 28.2 Å². The highest BCUT2D eigenvalue weighted by Crippen LogP contribution is 2.49. The Balaban J connectivity index is 1.14. The van der Waals surface area contributed by atoms with E-state index >= 15 is 0 Å². The fraction of sp³-hybridized carbons (Fsp3) is 0.704. The number of carbonyl (C=O) groups is 2. The van der Waals surface area contributed by atoms with Gasteiger partial charge >= 0.3 is 12.2 Å². The van der Waals surface area contributed by atoms with Crippen molar-refractivity contribution in [1.29, 1.82) is 0 Å². The lowest BCUT2D eigenvalue weighted by Crippen LogP contribution is -2.55. The Kier molecular flexibility index (Phi) is 6.32. The number of benzene rings is 1. The number of piperidine rings is 2. The fourth-order valence-electron chi connectivity index (χ4n) is 7.30. The van der Waals surface area contributed by atoms with E-state index in [1.165, 1.54) is 6.07 Å². The molecule has 2 bridgehead atoms. The van der Waals surface area contributed by atoms with Gasteiger partial charge in [0.1, 0.15) is 11.9 Å². The third-order valence-electron chi connectivity index (χ3n) is 9.12. The molecule has 3 atom stereocenters. The molecule has 4 saturated heterocycles. The van der Waals surface area contributed by atoms with Crippen LogP contribution in [0.5, 0.6) is 0 Å². The van der Waals surface area contributed by atoms with Crippen molar-refractivity contribution >= 4 is 17.9 Å². The van der Waals surface area contributed by atoms with Gasteiger partial charge in [-0.1, -0.05) is 0 Å². The number of nitrogens with zero attached hydrogens (tertiary/aromatic N) is 3. The third-order valence-corrected chi connectivity index (χ3v) is 9.12. The lowest BCUT2D eigenvalue weighted by Gasteiger charge is -2.47. The highest BCUT2D eigenvalue weighted by molar-refractivity contribution is 5.91. The van der Waals surface area contributed by atoms with Gasteiger partial charge in [-0.25, -0.2) is 14.0 Å². The molecular weight excluding hydrogens is 465 g/mol. The molecule has 0 saturated carbocycles. The number of ether oxygens (including phenoxy) is 3. The Labute approximate surface area is 211 Å². The Bertz CT molecular complexity index is 993. The molecule has 5 aliphatic rings. The van der Waals surface area contributed by atoms with E-state index in [0.717, 1.165) is 62.9 Å². The normalized spacial score (nSPS) is 31.1. The molecule has 0 aromatic heterocycles. The smallest absolute Gasteiger partial charge is 0.414 e. The zero-order valence-corrected chi connectivity index (χ0v) is 21.0. The molecule has 36 heavy (non-hydrogen) atoms. The standard InChI is InChI=1S/C27H36FN3O5/c1-2-35-26(33)31-19-4-5-20(31)15-21(14-19)29-10-8-27(9-11-29)17-30(24-6-3-18(28)13-23(24)27)25(32)36-22-7-12-34-16-22/h3,6,13,19-22H,2,4-5,7-12,14-17H2,1H3/t19?,20?,21?,22-/m0/s1. The molecule has 5 aliphatic heterocycles. The van der Waals surface area contributed by atoms with Crippen LogP contribution < -0.4 is 4.90 Å². The largest absolute Gasteiger partial charge is 0.450 e. The number of halogens is 1. The molecule has 8 nitrogen and oxygen atoms in total.